The Morgan fingerprint density at radius 3 is 2.67 bits per heavy atom. The van der Waals surface area contributed by atoms with Gasteiger partial charge in [0.1, 0.15) is 5.78 Å². The lowest BCUT2D eigenvalue weighted by atomic mass is 9.69. The Balaban J connectivity index is 1.57. The summed E-state index contributed by atoms with van der Waals surface area (Å²) in [6, 6.07) is 9.80. The number of benzene rings is 1. The van der Waals surface area contributed by atoms with Crippen molar-refractivity contribution < 1.29 is 4.79 Å². The van der Waals surface area contributed by atoms with Gasteiger partial charge in [0.05, 0.1) is 12.6 Å². The molecule has 4 aromatic rings. The number of ketones is 1. The molecule has 1 aromatic carbocycles. The number of carbonyl (C=O) groups excluding carboxylic acids is 1. The molecule has 0 aliphatic heterocycles. The van der Waals surface area contributed by atoms with E-state index < -0.39 is 0 Å². The minimum atomic E-state index is -0.0936. The van der Waals surface area contributed by atoms with E-state index in [1.807, 2.05) is 51.9 Å². The summed E-state index contributed by atoms with van der Waals surface area (Å²) in [5, 5.41) is 14.4. The Labute approximate surface area is 209 Å². The van der Waals surface area contributed by atoms with Crippen LogP contribution in [-0.4, -0.2) is 40.5 Å². The van der Waals surface area contributed by atoms with E-state index in [9.17, 15) is 9.59 Å². The molecule has 0 radical (unpaired) electrons. The maximum Gasteiger partial charge on any atom is 0.328 e. The third-order valence-electron chi connectivity index (χ3n) is 7.39. The van der Waals surface area contributed by atoms with Crippen molar-refractivity contribution in [3.63, 3.8) is 0 Å². The predicted octanol–water partition coefficient (Wildman–Crippen LogP) is 4.07. The maximum atomic E-state index is 13.8. The molecule has 36 heavy (non-hydrogen) atoms. The Kier molecular flexibility index (Phi) is 6.63. The van der Waals surface area contributed by atoms with Crippen LogP contribution in [0.25, 0.3) is 22.5 Å². The number of nitrogens with zero attached hydrogens (tertiary/aromatic N) is 6. The second-order valence-electron chi connectivity index (χ2n) is 9.75. The van der Waals surface area contributed by atoms with Crippen molar-refractivity contribution in [2.24, 2.45) is 11.8 Å². The van der Waals surface area contributed by atoms with Gasteiger partial charge in [0.25, 0.3) is 0 Å². The largest absolute Gasteiger partial charge is 0.328 e. The highest BCUT2D eigenvalue weighted by molar-refractivity contribution is 5.82. The fourth-order valence-corrected chi connectivity index (χ4v) is 5.43. The molecule has 0 saturated heterocycles. The van der Waals surface area contributed by atoms with Crippen molar-refractivity contribution >= 4 is 5.78 Å². The smallest absolute Gasteiger partial charge is 0.300 e. The van der Waals surface area contributed by atoms with Gasteiger partial charge in [-0.15, -0.1) is 5.10 Å². The number of H-pyrrole nitrogens is 1. The number of aryl methyl sites for hydroxylation is 1. The van der Waals surface area contributed by atoms with Crippen LogP contribution in [0.5, 0.6) is 0 Å². The van der Waals surface area contributed by atoms with Gasteiger partial charge in [0.2, 0.25) is 0 Å². The molecule has 1 fully saturated rings. The summed E-state index contributed by atoms with van der Waals surface area (Å²) in [5.41, 5.74) is 4.66. The monoisotopic (exact) mass is 485 g/mol. The Morgan fingerprint density at radius 1 is 1.17 bits per heavy atom. The number of carbonyl (C=O) groups is 1. The molecule has 1 aliphatic carbocycles. The quantitative estimate of drug-likeness (QED) is 0.383. The highest BCUT2D eigenvalue weighted by Gasteiger charge is 2.43. The van der Waals surface area contributed by atoms with Crippen molar-refractivity contribution in [2.45, 2.75) is 59.0 Å². The molecular formula is C27H31N7O2. The number of rotatable bonds is 9. The van der Waals surface area contributed by atoms with E-state index in [0.29, 0.717) is 18.3 Å². The molecule has 186 valence electrons. The minimum absolute atomic E-state index is 0.0635. The first-order valence-electron chi connectivity index (χ1n) is 12.6. The van der Waals surface area contributed by atoms with Crippen LogP contribution < -0.4 is 5.69 Å². The molecular weight excluding hydrogens is 454 g/mol. The zero-order chi connectivity index (χ0) is 25.2. The summed E-state index contributed by atoms with van der Waals surface area (Å²) < 4.78 is 3.67. The fourth-order valence-electron chi connectivity index (χ4n) is 5.43. The molecule has 1 saturated carbocycles. The normalized spacial score (nSPS) is 19.2. The summed E-state index contributed by atoms with van der Waals surface area (Å²) in [7, 11) is 0. The van der Waals surface area contributed by atoms with Crippen LogP contribution in [0.2, 0.25) is 0 Å². The molecule has 3 unspecified atom stereocenters. The zero-order valence-corrected chi connectivity index (χ0v) is 20.9. The van der Waals surface area contributed by atoms with Crippen molar-refractivity contribution in [3.05, 3.63) is 70.7 Å². The third kappa shape index (κ3) is 4.29. The van der Waals surface area contributed by atoms with Crippen LogP contribution in [0.3, 0.4) is 0 Å². The fraction of sp³-hybridized carbons (Fsp3) is 0.407. The molecule has 5 rings (SSSR count). The van der Waals surface area contributed by atoms with Crippen molar-refractivity contribution in [3.8, 4) is 22.5 Å². The van der Waals surface area contributed by atoms with Gasteiger partial charge >= 0.3 is 5.69 Å². The van der Waals surface area contributed by atoms with Crippen molar-refractivity contribution in [2.75, 3.05) is 0 Å². The van der Waals surface area contributed by atoms with Gasteiger partial charge < -0.3 is 0 Å². The number of aromatic amines is 1. The molecule has 1 aliphatic rings. The number of aromatic nitrogens is 7. The molecule has 9 nitrogen and oxygen atoms in total. The average Bonchev–Trinajstić information content (AvgIpc) is 3.51. The number of unbranched alkanes of at least 4 members (excludes halogenated alkanes) is 1. The lowest BCUT2D eigenvalue weighted by Gasteiger charge is -2.41. The van der Waals surface area contributed by atoms with Gasteiger partial charge in [-0.25, -0.2) is 9.89 Å². The SMILES string of the molecule is CCCCc1cn(C2C(C)CC2C(C)=O)c(=O)n1Cc1cnccc1-c1ccccc1-c1nnn[nH]1. The third-order valence-corrected chi connectivity index (χ3v) is 7.39. The van der Waals surface area contributed by atoms with E-state index in [-0.39, 0.29) is 23.4 Å². The number of imidazole rings is 1. The minimum Gasteiger partial charge on any atom is -0.300 e. The number of tetrazole rings is 1. The van der Waals surface area contributed by atoms with E-state index in [2.05, 4.69) is 39.5 Å². The highest BCUT2D eigenvalue weighted by atomic mass is 16.2. The topological polar surface area (TPSA) is 111 Å². The van der Waals surface area contributed by atoms with Crippen LogP contribution in [0.15, 0.2) is 53.7 Å². The molecule has 1 N–H and O–H groups in total. The Bertz CT molecular complexity index is 1420. The number of hydrogen-bond acceptors (Lipinski definition) is 6. The zero-order valence-electron chi connectivity index (χ0n) is 20.9. The highest BCUT2D eigenvalue weighted by Crippen LogP contribution is 2.44. The van der Waals surface area contributed by atoms with Crippen LogP contribution in [0.4, 0.5) is 0 Å². The van der Waals surface area contributed by atoms with Gasteiger partial charge in [-0.1, -0.05) is 44.5 Å². The second-order valence-corrected chi connectivity index (χ2v) is 9.75. The number of nitrogens with one attached hydrogen (secondary N) is 1. The summed E-state index contributed by atoms with van der Waals surface area (Å²) in [6.45, 7) is 6.29. The Hall–Kier alpha value is -3.88. The van der Waals surface area contributed by atoms with E-state index in [1.54, 1.807) is 13.1 Å². The van der Waals surface area contributed by atoms with E-state index in [1.165, 1.54) is 0 Å². The molecule has 3 aromatic heterocycles. The van der Waals surface area contributed by atoms with Gasteiger partial charge in [0.15, 0.2) is 5.82 Å². The summed E-state index contributed by atoms with van der Waals surface area (Å²) >= 11 is 0. The van der Waals surface area contributed by atoms with Crippen LogP contribution in [0.1, 0.15) is 57.3 Å². The number of hydrogen-bond donors (Lipinski definition) is 1. The van der Waals surface area contributed by atoms with Crippen molar-refractivity contribution in [1.82, 2.24) is 34.7 Å². The molecule has 3 heterocycles. The van der Waals surface area contributed by atoms with E-state index in [4.69, 9.17) is 0 Å². The summed E-state index contributed by atoms with van der Waals surface area (Å²) in [4.78, 5) is 30.4. The first-order valence-corrected chi connectivity index (χ1v) is 12.6. The number of pyridine rings is 1. The van der Waals surface area contributed by atoms with Gasteiger partial charge in [-0.2, -0.15) is 0 Å². The lowest BCUT2D eigenvalue weighted by Crippen LogP contribution is -2.44. The van der Waals surface area contributed by atoms with Crippen LogP contribution in [-0.2, 0) is 17.8 Å². The van der Waals surface area contributed by atoms with Crippen molar-refractivity contribution in [1.29, 1.82) is 0 Å². The first-order chi connectivity index (χ1) is 17.5. The lowest BCUT2D eigenvalue weighted by molar-refractivity contribution is -0.127. The summed E-state index contributed by atoms with van der Waals surface area (Å²) in [6.07, 6.45) is 9.23. The van der Waals surface area contributed by atoms with Crippen LogP contribution >= 0.6 is 0 Å². The molecule has 0 bridgehead atoms. The second kappa shape index (κ2) is 10.0. The molecule has 9 heteroatoms. The van der Waals surface area contributed by atoms with Gasteiger partial charge in [0, 0.05) is 35.8 Å². The molecule has 3 atom stereocenters. The van der Waals surface area contributed by atoms with E-state index >= 15 is 0 Å². The standard InChI is InChI=1S/C27H31N7O2/c1-4-5-8-20-16-34(25-17(2)13-24(25)18(3)35)27(36)33(20)15-19-14-28-12-11-21(19)22-9-6-7-10-23(22)26-29-31-32-30-26/h6-7,9-12,14,16-17,24-25H,4-5,8,13,15H2,1-3H3,(H,29,30,31,32). The number of Topliss-reactive ketones (excluding diaryl/α,β-unsaturated/α-hetero) is 1. The van der Waals surface area contributed by atoms with Crippen LogP contribution in [0, 0.1) is 11.8 Å². The van der Waals surface area contributed by atoms with Gasteiger partial charge in [-0.3, -0.25) is 18.9 Å². The molecule has 0 amide bonds. The summed E-state index contributed by atoms with van der Waals surface area (Å²) in [5.74, 6) is 0.933. The average molecular weight is 486 g/mol. The van der Waals surface area contributed by atoms with Gasteiger partial charge in [-0.05, 0) is 65.3 Å². The Morgan fingerprint density at radius 2 is 1.97 bits per heavy atom. The maximum absolute atomic E-state index is 13.8. The first kappa shape index (κ1) is 23.8. The predicted molar refractivity (Wildman–Crippen MR) is 136 cm³/mol. The molecule has 0 spiro atoms. The van der Waals surface area contributed by atoms with E-state index in [0.717, 1.165) is 53.6 Å².